The van der Waals surface area contributed by atoms with Crippen molar-refractivity contribution in [1.82, 2.24) is 10.6 Å². The Morgan fingerprint density at radius 2 is 1.95 bits per heavy atom. The molecule has 0 heterocycles. The Kier molecular flexibility index (Phi) is 7.44. The molecular weight excluding hydrogens is 236 g/mol. The lowest BCUT2D eigenvalue weighted by molar-refractivity contribution is -0.121. The highest BCUT2D eigenvalue weighted by molar-refractivity contribution is 5.76. The van der Waals surface area contributed by atoms with E-state index in [9.17, 15) is 4.79 Å². The summed E-state index contributed by atoms with van der Waals surface area (Å²) in [4.78, 5) is 11.6. The van der Waals surface area contributed by atoms with E-state index >= 15 is 0 Å². The Balaban J connectivity index is 2.16. The minimum Gasteiger partial charge on any atom is -0.354 e. The van der Waals surface area contributed by atoms with Crippen molar-refractivity contribution in [3.63, 3.8) is 0 Å². The molecule has 0 saturated heterocycles. The standard InChI is InChI=1S/C16H32N2O/c1-12(2)10-14-6-5-7-15(11-14)17-9-8-16(19)18-13(3)4/h12-15,17H,5-11H2,1-4H3,(H,18,19). The van der Waals surface area contributed by atoms with Crippen LogP contribution >= 0.6 is 0 Å². The first kappa shape index (κ1) is 16.5. The molecule has 0 spiro atoms. The zero-order valence-electron chi connectivity index (χ0n) is 13.2. The van der Waals surface area contributed by atoms with Crippen molar-refractivity contribution in [2.24, 2.45) is 11.8 Å². The van der Waals surface area contributed by atoms with Gasteiger partial charge in [-0.1, -0.05) is 26.7 Å². The third-order valence-electron chi connectivity index (χ3n) is 3.82. The van der Waals surface area contributed by atoms with Gasteiger partial charge in [-0.3, -0.25) is 4.79 Å². The molecule has 112 valence electrons. The van der Waals surface area contributed by atoms with Crippen molar-refractivity contribution in [2.45, 2.75) is 78.3 Å². The molecule has 2 atom stereocenters. The maximum Gasteiger partial charge on any atom is 0.221 e. The van der Waals surface area contributed by atoms with Crippen LogP contribution in [0.1, 0.15) is 66.2 Å². The molecule has 0 aromatic heterocycles. The number of nitrogens with one attached hydrogen (secondary N) is 2. The first-order valence-corrected chi connectivity index (χ1v) is 8.00. The lowest BCUT2D eigenvalue weighted by Crippen LogP contribution is -2.38. The van der Waals surface area contributed by atoms with Crippen LogP contribution in [0.2, 0.25) is 0 Å². The van der Waals surface area contributed by atoms with Crippen molar-refractivity contribution in [1.29, 1.82) is 0 Å². The van der Waals surface area contributed by atoms with E-state index in [-0.39, 0.29) is 11.9 Å². The van der Waals surface area contributed by atoms with E-state index in [2.05, 4.69) is 24.5 Å². The molecule has 1 fully saturated rings. The molecular formula is C16H32N2O. The van der Waals surface area contributed by atoms with Gasteiger partial charge < -0.3 is 10.6 Å². The summed E-state index contributed by atoms with van der Waals surface area (Å²) in [6, 6.07) is 0.877. The zero-order chi connectivity index (χ0) is 14.3. The smallest absolute Gasteiger partial charge is 0.221 e. The number of carbonyl (C=O) groups is 1. The highest BCUT2D eigenvalue weighted by atomic mass is 16.1. The van der Waals surface area contributed by atoms with Crippen LogP contribution in [0.5, 0.6) is 0 Å². The summed E-state index contributed by atoms with van der Waals surface area (Å²) in [5, 5.41) is 6.50. The maximum absolute atomic E-state index is 11.6. The van der Waals surface area contributed by atoms with Crippen molar-refractivity contribution >= 4 is 5.91 Å². The van der Waals surface area contributed by atoms with Crippen LogP contribution in [0.25, 0.3) is 0 Å². The predicted molar refractivity (Wildman–Crippen MR) is 81.1 cm³/mol. The molecule has 2 N–H and O–H groups in total. The topological polar surface area (TPSA) is 41.1 Å². The van der Waals surface area contributed by atoms with E-state index in [1.807, 2.05) is 13.8 Å². The minimum absolute atomic E-state index is 0.164. The molecule has 2 unspecified atom stereocenters. The molecule has 0 aromatic rings. The summed E-state index contributed by atoms with van der Waals surface area (Å²) in [5.74, 6) is 1.85. The van der Waals surface area contributed by atoms with E-state index in [0.717, 1.165) is 18.4 Å². The zero-order valence-corrected chi connectivity index (χ0v) is 13.2. The van der Waals surface area contributed by atoms with Crippen molar-refractivity contribution in [2.75, 3.05) is 6.54 Å². The summed E-state index contributed by atoms with van der Waals surface area (Å²) in [6.07, 6.45) is 7.26. The second-order valence-electron chi connectivity index (χ2n) is 6.79. The van der Waals surface area contributed by atoms with Crippen LogP contribution in [0.15, 0.2) is 0 Å². The third kappa shape index (κ3) is 7.56. The van der Waals surface area contributed by atoms with Gasteiger partial charge >= 0.3 is 0 Å². The van der Waals surface area contributed by atoms with E-state index in [1.54, 1.807) is 0 Å². The second kappa shape index (κ2) is 8.57. The molecule has 0 bridgehead atoms. The van der Waals surface area contributed by atoms with Gasteiger partial charge in [-0.05, 0) is 44.9 Å². The molecule has 0 aromatic carbocycles. The normalized spacial score (nSPS) is 23.9. The molecule has 3 nitrogen and oxygen atoms in total. The van der Waals surface area contributed by atoms with Crippen molar-refractivity contribution in [3.8, 4) is 0 Å². The summed E-state index contributed by atoms with van der Waals surface area (Å²) >= 11 is 0. The lowest BCUT2D eigenvalue weighted by atomic mass is 9.81. The van der Waals surface area contributed by atoms with E-state index < -0.39 is 0 Å². The largest absolute Gasteiger partial charge is 0.354 e. The summed E-state index contributed by atoms with van der Waals surface area (Å²) in [7, 11) is 0. The maximum atomic E-state index is 11.6. The molecule has 0 radical (unpaired) electrons. The van der Waals surface area contributed by atoms with Crippen LogP contribution in [-0.4, -0.2) is 24.5 Å². The number of carbonyl (C=O) groups excluding carboxylic acids is 1. The third-order valence-corrected chi connectivity index (χ3v) is 3.82. The minimum atomic E-state index is 0.164. The summed E-state index contributed by atoms with van der Waals surface area (Å²) in [6.45, 7) is 9.45. The first-order chi connectivity index (χ1) is 8.97. The molecule has 1 rings (SSSR count). The Bertz CT molecular complexity index is 263. The van der Waals surface area contributed by atoms with Crippen LogP contribution < -0.4 is 10.6 Å². The fourth-order valence-corrected chi connectivity index (χ4v) is 3.14. The molecule has 0 aliphatic heterocycles. The fourth-order valence-electron chi connectivity index (χ4n) is 3.14. The van der Waals surface area contributed by atoms with Crippen LogP contribution in [0, 0.1) is 11.8 Å². The number of amides is 1. The van der Waals surface area contributed by atoms with Gasteiger partial charge in [0.1, 0.15) is 0 Å². The summed E-state index contributed by atoms with van der Waals surface area (Å²) in [5.41, 5.74) is 0. The molecule has 1 aliphatic rings. The van der Waals surface area contributed by atoms with Gasteiger partial charge in [0.15, 0.2) is 0 Å². The predicted octanol–water partition coefficient (Wildman–Crippen LogP) is 3.10. The lowest BCUT2D eigenvalue weighted by Gasteiger charge is -2.30. The molecule has 1 aliphatic carbocycles. The van der Waals surface area contributed by atoms with Gasteiger partial charge in [0.2, 0.25) is 5.91 Å². The van der Waals surface area contributed by atoms with E-state index in [0.29, 0.717) is 12.5 Å². The average molecular weight is 268 g/mol. The Labute approximate surface area is 118 Å². The molecule has 1 amide bonds. The highest BCUT2D eigenvalue weighted by Crippen LogP contribution is 2.29. The number of rotatable bonds is 7. The number of hydrogen-bond donors (Lipinski definition) is 2. The fraction of sp³-hybridized carbons (Fsp3) is 0.938. The summed E-state index contributed by atoms with van der Waals surface area (Å²) < 4.78 is 0. The van der Waals surface area contributed by atoms with Gasteiger partial charge in [0.25, 0.3) is 0 Å². The SMILES string of the molecule is CC(C)CC1CCCC(NCCC(=O)NC(C)C)C1. The van der Waals surface area contributed by atoms with Gasteiger partial charge in [-0.15, -0.1) is 0 Å². The average Bonchev–Trinajstić information content (AvgIpc) is 2.27. The Morgan fingerprint density at radius 3 is 2.58 bits per heavy atom. The van der Waals surface area contributed by atoms with E-state index in [1.165, 1.54) is 32.1 Å². The van der Waals surface area contributed by atoms with Gasteiger partial charge in [0.05, 0.1) is 0 Å². The van der Waals surface area contributed by atoms with Crippen LogP contribution in [-0.2, 0) is 4.79 Å². The van der Waals surface area contributed by atoms with Gasteiger partial charge in [-0.2, -0.15) is 0 Å². The van der Waals surface area contributed by atoms with Gasteiger partial charge in [0, 0.05) is 25.0 Å². The van der Waals surface area contributed by atoms with Crippen LogP contribution in [0.3, 0.4) is 0 Å². The molecule has 3 heteroatoms. The molecule has 19 heavy (non-hydrogen) atoms. The molecule has 1 saturated carbocycles. The first-order valence-electron chi connectivity index (χ1n) is 8.00. The monoisotopic (exact) mass is 268 g/mol. The Hall–Kier alpha value is -0.570. The van der Waals surface area contributed by atoms with Crippen LogP contribution in [0.4, 0.5) is 0 Å². The van der Waals surface area contributed by atoms with Crippen molar-refractivity contribution < 1.29 is 4.79 Å². The van der Waals surface area contributed by atoms with Crippen molar-refractivity contribution in [3.05, 3.63) is 0 Å². The second-order valence-corrected chi connectivity index (χ2v) is 6.79. The van der Waals surface area contributed by atoms with E-state index in [4.69, 9.17) is 0 Å². The highest BCUT2D eigenvalue weighted by Gasteiger charge is 2.22. The Morgan fingerprint density at radius 1 is 1.21 bits per heavy atom. The number of hydrogen-bond acceptors (Lipinski definition) is 2. The van der Waals surface area contributed by atoms with Gasteiger partial charge in [-0.25, -0.2) is 0 Å². The quantitative estimate of drug-likeness (QED) is 0.745.